The minimum Gasteiger partial charge on any atom is -0.335 e. The Balaban J connectivity index is 1.48. The monoisotopic (exact) mass is 317 g/mol. The van der Waals surface area contributed by atoms with Crippen molar-refractivity contribution in [3.8, 4) is 0 Å². The van der Waals surface area contributed by atoms with E-state index < -0.39 is 0 Å². The Morgan fingerprint density at radius 1 is 1.13 bits per heavy atom. The van der Waals surface area contributed by atoms with Gasteiger partial charge in [0.15, 0.2) is 5.82 Å². The lowest BCUT2D eigenvalue weighted by molar-refractivity contribution is 0.142. The molecule has 0 radical (unpaired) electrons. The quantitative estimate of drug-likeness (QED) is 0.929. The fraction of sp³-hybridized carbons (Fsp3) is 0.824. The van der Waals surface area contributed by atoms with Gasteiger partial charge in [0.05, 0.1) is 6.04 Å². The van der Waals surface area contributed by atoms with Crippen LogP contribution < -0.4 is 5.32 Å². The molecule has 0 unspecified atom stereocenters. The fourth-order valence-corrected chi connectivity index (χ4v) is 4.01. The minimum absolute atomic E-state index is 0.0893. The summed E-state index contributed by atoms with van der Waals surface area (Å²) in [6.07, 6.45) is 12.5. The Hall–Kier alpha value is -1.59. The first-order valence-electron chi connectivity index (χ1n) is 9.26. The van der Waals surface area contributed by atoms with Crippen LogP contribution in [0.5, 0.6) is 0 Å². The largest absolute Gasteiger partial charge is 0.335 e. The summed E-state index contributed by atoms with van der Waals surface area (Å²) in [6.45, 7) is 1.84. The first kappa shape index (κ1) is 15.0. The maximum absolute atomic E-state index is 12.8. The van der Waals surface area contributed by atoms with Gasteiger partial charge in [-0.25, -0.2) is 4.79 Å². The molecule has 6 heteroatoms. The molecule has 2 aliphatic carbocycles. The molecule has 3 fully saturated rings. The molecular weight excluding hydrogens is 290 g/mol. The predicted molar refractivity (Wildman–Crippen MR) is 86.8 cm³/mol. The molecule has 4 rings (SSSR count). The smallest absolute Gasteiger partial charge is 0.318 e. The first-order chi connectivity index (χ1) is 11.3. The average Bonchev–Trinajstić information content (AvgIpc) is 3.04. The zero-order valence-electron chi connectivity index (χ0n) is 13.8. The molecule has 1 aromatic rings. The number of carbonyl (C=O) groups is 1. The lowest BCUT2D eigenvalue weighted by atomic mass is 10.0. The Morgan fingerprint density at radius 3 is 2.70 bits per heavy atom. The molecular formula is C17H27N5O. The number of carbonyl (C=O) groups excluding carboxylic acids is 1. The van der Waals surface area contributed by atoms with Gasteiger partial charge < -0.3 is 14.8 Å². The van der Waals surface area contributed by atoms with Crippen molar-refractivity contribution in [2.75, 3.05) is 6.54 Å². The van der Waals surface area contributed by atoms with Crippen LogP contribution in [0.25, 0.3) is 0 Å². The summed E-state index contributed by atoms with van der Waals surface area (Å²) in [4.78, 5) is 14.8. The summed E-state index contributed by atoms with van der Waals surface area (Å²) in [5.74, 6) is 1.77. The maximum Gasteiger partial charge on any atom is 0.318 e. The molecule has 1 atom stereocenters. The van der Waals surface area contributed by atoms with Gasteiger partial charge in [0.2, 0.25) is 0 Å². The third kappa shape index (κ3) is 3.35. The topological polar surface area (TPSA) is 63.1 Å². The Kier molecular flexibility index (Phi) is 4.23. The summed E-state index contributed by atoms with van der Waals surface area (Å²) in [5.41, 5.74) is 0. The maximum atomic E-state index is 12.8. The predicted octanol–water partition coefficient (Wildman–Crippen LogP) is 2.87. The highest BCUT2D eigenvalue weighted by molar-refractivity contribution is 5.75. The number of urea groups is 1. The molecule has 126 valence electrons. The van der Waals surface area contributed by atoms with Crippen molar-refractivity contribution in [3.05, 3.63) is 12.2 Å². The van der Waals surface area contributed by atoms with Gasteiger partial charge in [-0.2, -0.15) is 0 Å². The van der Waals surface area contributed by atoms with Crippen LogP contribution in [0.3, 0.4) is 0 Å². The van der Waals surface area contributed by atoms with Gasteiger partial charge >= 0.3 is 6.03 Å². The minimum atomic E-state index is 0.0893. The van der Waals surface area contributed by atoms with Crippen molar-refractivity contribution in [3.63, 3.8) is 0 Å². The fourth-order valence-electron chi connectivity index (χ4n) is 4.01. The Morgan fingerprint density at radius 2 is 1.91 bits per heavy atom. The molecule has 2 saturated carbocycles. The van der Waals surface area contributed by atoms with Crippen LogP contribution in [0.4, 0.5) is 4.79 Å². The summed E-state index contributed by atoms with van der Waals surface area (Å²) in [7, 11) is 0. The number of likely N-dealkylation sites (tertiary alicyclic amines) is 1. The number of amides is 2. The Bertz CT molecular complexity index is 547. The van der Waals surface area contributed by atoms with Crippen molar-refractivity contribution in [1.29, 1.82) is 0 Å². The van der Waals surface area contributed by atoms with Crippen molar-refractivity contribution in [2.24, 2.45) is 5.92 Å². The van der Waals surface area contributed by atoms with E-state index in [0.717, 1.165) is 56.9 Å². The molecule has 0 bridgehead atoms. The number of nitrogens with one attached hydrogen (secondary N) is 1. The highest BCUT2D eigenvalue weighted by atomic mass is 16.2. The second-order valence-electron chi connectivity index (χ2n) is 7.42. The van der Waals surface area contributed by atoms with Crippen molar-refractivity contribution >= 4 is 6.03 Å². The van der Waals surface area contributed by atoms with E-state index in [-0.39, 0.29) is 12.1 Å². The van der Waals surface area contributed by atoms with E-state index in [1.54, 1.807) is 0 Å². The van der Waals surface area contributed by atoms with Gasteiger partial charge in [-0.05, 0) is 50.9 Å². The van der Waals surface area contributed by atoms with Gasteiger partial charge in [0.1, 0.15) is 6.33 Å². The molecule has 1 saturated heterocycles. The van der Waals surface area contributed by atoms with Crippen LogP contribution in [0.2, 0.25) is 0 Å². The van der Waals surface area contributed by atoms with E-state index in [4.69, 9.17) is 0 Å². The molecule has 1 aromatic heterocycles. The molecule has 6 nitrogen and oxygen atoms in total. The average molecular weight is 317 g/mol. The normalized spacial score (nSPS) is 25.7. The number of nitrogens with zero attached hydrogens (tertiary/aromatic N) is 4. The van der Waals surface area contributed by atoms with E-state index >= 15 is 0 Å². The van der Waals surface area contributed by atoms with Gasteiger partial charge in [0.25, 0.3) is 0 Å². The zero-order valence-corrected chi connectivity index (χ0v) is 13.8. The van der Waals surface area contributed by atoms with Crippen molar-refractivity contribution < 1.29 is 4.79 Å². The summed E-state index contributed by atoms with van der Waals surface area (Å²) in [5, 5.41) is 11.7. The standard InChI is InChI=1S/C17H27N5O/c23-17(19-14-5-1-2-6-14)22-10-4-3-7-15(22)16-20-18-12-21(16)11-13-8-9-13/h12-15H,1-11H2,(H,19,23)/t15-/m1/s1. The van der Waals surface area contributed by atoms with Crippen molar-refractivity contribution in [2.45, 2.75) is 76.4 Å². The van der Waals surface area contributed by atoms with Crippen LogP contribution in [0.1, 0.15) is 69.7 Å². The van der Waals surface area contributed by atoms with Crippen LogP contribution in [0.15, 0.2) is 6.33 Å². The molecule has 3 aliphatic rings. The van der Waals surface area contributed by atoms with Crippen LogP contribution in [-0.4, -0.2) is 38.3 Å². The van der Waals surface area contributed by atoms with Gasteiger partial charge in [-0.15, -0.1) is 10.2 Å². The van der Waals surface area contributed by atoms with Crippen molar-refractivity contribution in [1.82, 2.24) is 25.0 Å². The van der Waals surface area contributed by atoms with E-state index in [9.17, 15) is 4.79 Å². The van der Waals surface area contributed by atoms with Gasteiger partial charge in [-0.1, -0.05) is 12.8 Å². The van der Waals surface area contributed by atoms with E-state index in [2.05, 4.69) is 20.1 Å². The van der Waals surface area contributed by atoms with Gasteiger partial charge in [-0.3, -0.25) is 0 Å². The van der Waals surface area contributed by atoms with Gasteiger partial charge in [0, 0.05) is 19.1 Å². The number of hydrogen-bond acceptors (Lipinski definition) is 3. The third-order valence-corrected chi connectivity index (χ3v) is 5.54. The molecule has 2 amide bonds. The highest BCUT2D eigenvalue weighted by Crippen LogP contribution is 2.34. The SMILES string of the molecule is O=C(NC1CCCC1)N1CCCC[C@@H]1c1nncn1CC1CC1. The lowest BCUT2D eigenvalue weighted by Crippen LogP contribution is -2.48. The summed E-state index contributed by atoms with van der Waals surface area (Å²) >= 11 is 0. The first-order valence-corrected chi connectivity index (χ1v) is 9.26. The Labute approximate surface area is 137 Å². The van der Waals surface area contributed by atoms with Crippen LogP contribution in [0, 0.1) is 5.92 Å². The number of rotatable bonds is 4. The van der Waals surface area contributed by atoms with Crippen LogP contribution >= 0.6 is 0 Å². The number of hydrogen-bond donors (Lipinski definition) is 1. The molecule has 23 heavy (non-hydrogen) atoms. The molecule has 1 aliphatic heterocycles. The summed E-state index contributed by atoms with van der Waals surface area (Å²) < 4.78 is 2.18. The highest BCUT2D eigenvalue weighted by Gasteiger charge is 2.33. The van der Waals surface area contributed by atoms with E-state index in [0.29, 0.717) is 6.04 Å². The van der Waals surface area contributed by atoms with Crippen LogP contribution in [-0.2, 0) is 6.54 Å². The zero-order chi connectivity index (χ0) is 15.6. The van der Waals surface area contributed by atoms with E-state index in [1.807, 2.05) is 11.2 Å². The van der Waals surface area contributed by atoms with E-state index in [1.165, 1.54) is 25.7 Å². The molecule has 2 heterocycles. The lowest BCUT2D eigenvalue weighted by Gasteiger charge is -2.36. The second-order valence-corrected chi connectivity index (χ2v) is 7.42. The molecule has 1 N–H and O–H groups in total. The number of piperidine rings is 1. The summed E-state index contributed by atoms with van der Waals surface area (Å²) in [6, 6.07) is 0.559. The number of aromatic nitrogens is 3. The second kappa shape index (κ2) is 6.49. The molecule has 0 spiro atoms. The third-order valence-electron chi connectivity index (χ3n) is 5.54. The molecule has 0 aromatic carbocycles.